The van der Waals surface area contributed by atoms with E-state index in [1.165, 1.54) is 12.1 Å². The Balaban J connectivity index is 2.67. The molecule has 2 N–H and O–H groups in total. The van der Waals surface area contributed by atoms with Gasteiger partial charge in [0.25, 0.3) is 0 Å². The Hall–Kier alpha value is -0.600. The number of hydrogen-bond acceptors (Lipinski definition) is 1. The van der Waals surface area contributed by atoms with E-state index in [-0.39, 0.29) is 11.9 Å². The van der Waals surface area contributed by atoms with Crippen LogP contribution in [0.5, 0.6) is 0 Å². The summed E-state index contributed by atoms with van der Waals surface area (Å²) < 4.78 is 13.0. The molecule has 1 atom stereocenters. The maximum Gasteiger partial charge on any atom is 0.123 e. The summed E-state index contributed by atoms with van der Waals surface area (Å²) in [4.78, 5) is 0. The zero-order chi connectivity index (χ0) is 11.4. The van der Waals surface area contributed by atoms with Crippen LogP contribution in [0.1, 0.15) is 25.8 Å². The molecule has 0 radical (unpaired) electrons. The molecule has 0 aromatic heterocycles. The molecule has 0 saturated heterocycles. The lowest BCUT2D eigenvalue weighted by atomic mass is 9.98. The van der Waals surface area contributed by atoms with E-state index in [1.807, 2.05) is 0 Å². The molecule has 1 unspecified atom stereocenters. The fourth-order valence-electron chi connectivity index (χ4n) is 1.67. The lowest BCUT2D eigenvalue weighted by Crippen LogP contribution is -2.24. The second-order valence-electron chi connectivity index (χ2n) is 4.33. The lowest BCUT2D eigenvalue weighted by Gasteiger charge is -2.14. The molecule has 3 heteroatoms. The van der Waals surface area contributed by atoms with Crippen LogP contribution in [0.2, 0.25) is 5.02 Å². The van der Waals surface area contributed by atoms with E-state index in [1.54, 1.807) is 6.07 Å². The van der Waals surface area contributed by atoms with Gasteiger partial charge in [-0.25, -0.2) is 4.39 Å². The van der Waals surface area contributed by atoms with Crippen LogP contribution in [0, 0.1) is 11.7 Å². The number of hydrogen-bond donors (Lipinski definition) is 1. The SMILES string of the molecule is CC(C)CC(N)Cc1cc(F)ccc1Cl. The molecule has 0 bridgehead atoms. The summed E-state index contributed by atoms with van der Waals surface area (Å²) >= 11 is 5.95. The van der Waals surface area contributed by atoms with Gasteiger partial charge in [-0.15, -0.1) is 0 Å². The molecule has 1 aromatic rings. The van der Waals surface area contributed by atoms with Gasteiger partial charge in [-0.1, -0.05) is 25.4 Å². The maximum absolute atomic E-state index is 13.0. The molecule has 84 valence electrons. The first-order valence-electron chi connectivity index (χ1n) is 5.18. The van der Waals surface area contributed by atoms with Gasteiger partial charge in [0.15, 0.2) is 0 Å². The van der Waals surface area contributed by atoms with Crippen LogP contribution < -0.4 is 5.73 Å². The van der Waals surface area contributed by atoms with E-state index < -0.39 is 0 Å². The molecular formula is C12H17ClFN. The minimum Gasteiger partial charge on any atom is -0.327 e. The van der Waals surface area contributed by atoms with E-state index in [0.717, 1.165) is 12.0 Å². The number of benzene rings is 1. The standard InChI is InChI=1S/C12H17ClFN/c1-8(2)5-11(15)7-9-6-10(14)3-4-12(9)13/h3-4,6,8,11H,5,7,15H2,1-2H3. The Morgan fingerprint density at radius 3 is 2.67 bits per heavy atom. The molecule has 1 nitrogen and oxygen atoms in total. The van der Waals surface area contributed by atoms with Gasteiger partial charge in [0.1, 0.15) is 5.82 Å². The summed E-state index contributed by atoms with van der Waals surface area (Å²) in [6, 6.07) is 4.45. The molecule has 0 aliphatic carbocycles. The van der Waals surface area contributed by atoms with Crippen LogP contribution >= 0.6 is 11.6 Å². The molecule has 1 aromatic carbocycles. The van der Waals surface area contributed by atoms with Gasteiger partial charge in [-0.05, 0) is 42.5 Å². The van der Waals surface area contributed by atoms with E-state index in [9.17, 15) is 4.39 Å². The Morgan fingerprint density at radius 2 is 2.07 bits per heavy atom. The highest BCUT2D eigenvalue weighted by Gasteiger charge is 2.09. The third-order valence-electron chi connectivity index (χ3n) is 2.26. The summed E-state index contributed by atoms with van der Waals surface area (Å²) in [6.07, 6.45) is 1.56. The topological polar surface area (TPSA) is 26.0 Å². The highest BCUT2D eigenvalue weighted by atomic mass is 35.5. The van der Waals surface area contributed by atoms with Gasteiger partial charge < -0.3 is 5.73 Å². The minimum atomic E-state index is -0.258. The molecule has 15 heavy (non-hydrogen) atoms. The molecule has 0 fully saturated rings. The van der Waals surface area contributed by atoms with E-state index >= 15 is 0 Å². The molecule has 1 rings (SSSR count). The number of rotatable bonds is 4. The first kappa shape index (κ1) is 12.5. The minimum absolute atomic E-state index is 0.0456. The number of nitrogens with two attached hydrogens (primary N) is 1. The molecule has 0 aliphatic heterocycles. The summed E-state index contributed by atoms with van der Waals surface area (Å²) in [5.74, 6) is 0.290. The molecule has 0 saturated carbocycles. The molecular weight excluding hydrogens is 213 g/mol. The highest BCUT2D eigenvalue weighted by molar-refractivity contribution is 6.31. The largest absolute Gasteiger partial charge is 0.327 e. The summed E-state index contributed by atoms with van der Waals surface area (Å²) in [6.45, 7) is 4.24. The molecule has 0 amide bonds. The van der Waals surface area contributed by atoms with E-state index in [4.69, 9.17) is 17.3 Å². The number of halogens is 2. The predicted octanol–water partition coefficient (Wildman–Crippen LogP) is 3.40. The summed E-state index contributed by atoms with van der Waals surface area (Å²) in [5.41, 5.74) is 6.74. The van der Waals surface area contributed by atoms with E-state index in [0.29, 0.717) is 17.4 Å². The van der Waals surface area contributed by atoms with Crippen molar-refractivity contribution in [2.24, 2.45) is 11.7 Å². The van der Waals surface area contributed by atoms with Crippen LogP contribution in [0.25, 0.3) is 0 Å². The van der Waals surface area contributed by atoms with Crippen molar-refractivity contribution < 1.29 is 4.39 Å². The summed E-state index contributed by atoms with van der Waals surface area (Å²) in [5, 5.41) is 0.593. The first-order chi connectivity index (χ1) is 6.99. The quantitative estimate of drug-likeness (QED) is 0.842. The third-order valence-corrected chi connectivity index (χ3v) is 2.63. The van der Waals surface area contributed by atoms with E-state index in [2.05, 4.69) is 13.8 Å². The van der Waals surface area contributed by atoms with Crippen molar-refractivity contribution in [2.45, 2.75) is 32.7 Å². The van der Waals surface area contributed by atoms with Crippen LogP contribution in [0.4, 0.5) is 4.39 Å². The van der Waals surface area contributed by atoms with Crippen LogP contribution in [0.3, 0.4) is 0 Å². The molecule has 0 aliphatic rings. The average Bonchev–Trinajstić information content (AvgIpc) is 2.10. The predicted molar refractivity (Wildman–Crippen MR) is 62.5 cm³/mol. The van der Waals surface area contributed by atoms with Crippen molar-refractivity contribution in [3.63, 3.8) is 0 Å². The van der Waals surface area contributed by atoms with Gasteiger partial charge in [-0.3, -0.25) is 0 Å². The third kappa shape index (κ3) is 4.18. The Labute approximate surface area is 95.4 Å². The van der Waals surface area contributed by atoms with Crippen LogP contribution in [-0.2, 0) is 6.42 Å². The van der Waals surface area contributed by atoms with Crippen LogP contribution in [0.15, 0.2) is 18.2 Å². The zero-order valence-corrected chi connectivity index (χ0v) is 9.89. The second-order valence-corrected chi connectivity index (χ2v) is 4.74. The van der Waals surface area contributed by atoms with Gasteiger partial charge in [0.2, 0.25) is 0 Å². The lowest BCUT2D eigenvalue weighted by molar-refractivity contribution is 0.492. The second kappa shape index (κ2) is 5.47. The normalized spacial score (nSPS) is 13.2. The fourth-order valence-corrected chi connectivity index (χ4v) is 1.87. The van der Waals surface area contributed by atoms with Crippen molar-refractivity contribution in [2.75, 3.05) is 0 Å². The van der Waals surface area contributed by atoms with Crippen molar-refractivity contribution in [1.82, 2.24) is 0 Å². The van der Waals surface area contributed by atoms with Crippen molar-refractivity contribution >= 4 is 11.6 Å². The summed E-state index contributed by atoms with van der Waals surface area (Å²) in [7, 11) is 0. The van der Waals surface area contributed by atoms with Crippen LogP contribution in [-0.4, -0.2) is 6.04 Å². The van der Waals surface area contributed by atoms with Gasteiger partial charge in [-0.2, -0.15) is 0 Å². The van der Waals surface area contributed by atoms with Crippen molar-refractivity contribution in [1.29, 1.82) is 0 Å². The maximum atomic E-state index is 13.0. The Morgan fingerprint density at radius 1 is 1.40 bits per heavy atom. The van der Waals surface area contributed by atoms with Gasteiger partial charge in [0, 0.05) is 11.1 Å². The average molecular weight is 230 g/mol. The van der Waals surface area contributed by atoms with Gasteiger partial charge in [0.05, 0.1) is 0 Å². The van der Waals surface area contributed by atoms with Crippen molar-refractivity contribution in [3.8, 4) is 0 Å². The smallest absolute Gasteiger partial charge is 0.123 e. The first-order valence-corrected chi connectivity index (χ1v) is 5.56. The Kier molecular flexibility index (Phi) is 4.55. The molecule has 0 spiro atoms. The van der Waals surface area contributed by atoms with Crippen molar-refractivity contribution in [3.05, 3.63) is 34.6 Å². The van der Waals surface area contributed by atoms with Gasteiger partial charge >= 0.3 is 0 Å². The highest BCUT2D eigenvalue weighted by Crippen LogP contribution is 2.19. The fraction of sp³-hybridized carbons (Fsp3) is 0.500. The molecule has 0 heterocycles. The Bertz CT molecular complexity index is 325. The monoisotopic (exact) mass is 229 g/mol. The zero-order valence-electron chi connectivity index (χ0n) is 9.13.